The van der Waals surface area contributed by atoms with Gasteiger partial charge in [0.2, 0.25) is 0 Å². The van der Waals surface area contributed by atoms with Gasteiger partial charge in [-0.2, -0.15) is 0 Å². The number of benzene rings is 4. The Balaban J connectivity index is 1.77. The van der Waals surface area contributed by atoms with E-state index in [9.17, 15) is 20.4 Å². The second kappa shape index (κ2) is 40.6. The summed E-state index contributed by atoms with van der Waals surface area (Å²) in [5, 5.41) is 50.2. The van der Waals surface area contributed by atoms with Crippen molar-refractivity contribution in [2.24, 2.45) is 0 Å². The van der Waals surface area contributed by atoms with Gasteiger partial charge < -0.3 is 39.4 Å². The lowest BCUT2D eigenvalue weighted by Crippen LogP contribution is -2.13. The summed E-state index contributed by atoms with van der Waals surface area (Å²) in [7, 11) is 6.75. The Hall–Kier alpha value is -4.72. The maximum atomic E-state index is 12.6. The van der Waals surface area contributed by atoms with E-state index in [0.29, 0.717) is 23.0 Å². The predicted octanol–water partition coefficient (Wildman–Crippen LogP) is 23.1. The first-order valence-electron chi connectivity index (χ1n) is 34.7. The molecule has 0 saturated carbocycles. The number of ether oxygens (including phenoxy) is 4. The number of phenolic OH excluding ortho intramolecular Hbond substituents is 4. The Morgan fingerprint density at radius 1 is 0.226 bits per heavy atom. The highest BCUT2D eigenvalue weighted by Crippen LogP contribution is 2.53. The van der Waals surface area contributed by atoms with Crippen molar-refractivity contribution in [1.82, 2.24) is 0 Å². The van der Waals surface area contributed by atoms with Crippen LogP contribution in [0.5, 0.6) is 46.0 Å². The Bertz CT molecular complexity index is 2090. The molecule has 0 amide bonds. The molecule has 84 heavy (non-hydrogen) atoms. The van der Waals surface area contributed by atoms with Gasteiger partial charge >= 0.3 is 0 Å². The van der Waals surface area contributed by atoms with Crippen molar-refractivity contribution >= 4 is 0 Å². The highest BCUT2D eigenvalue weighted by Gasteiger charge is 2.34. The second-order valence-corrected chi connectivity index (χ2v) is 25.3. The maximum Gasteiger partial charge on any atom is 0.126 e. The lowest BCUT2D eigenvalue weighted by Gasteiger charge is -2.30. The Kier molecular flexibility index (Phi) is 33.9. The van der Waals surface area contributed by atoms with Gasteiger partial charge in [-0.1, -0.05) is 259 Å². The van der Waals surface area contributed by atoms with Crippen molar-refractivity contribution in [2.75, 3.05) is 28.4 Å². The summed E-state index contributed by atoms with van der Waals surface area (Å²) in [6, 6.07) is 16.0. The average Bonchev–Trinajstić information content (AvgIpc) is 3.61. The highest BCUT2D eigenvalue weighted by atomic mass is 16.5. The van der Waals surface area contributed by atoms with Gasteiger partial charge in [0.1, 0.15) is 46.0 Å². The van der Waals surface area contributed by atoms with E-state index in [0.717, 1.165) is 147 Å². The number of phenols is 4. The molecule has 0 spiro atoms. The van der Waals surface area contributed by atoms with E-state index >= 15 is 0 Å². The molecule has 4 aromatic rings. The number of hydrogen-bond donors (Lipinski definition) is 4. The number of fused-ring (bicyclic) bond motifs is 8. The van der Waals surface area contributed by atoms with E-state index in [1.807, 2.05) is 24.3 Å². The molecule has 4 aromatic carbocycles. The number of unbranched alkanes of at least 4 members (excludes halogenated alkanes) is 32. The van der Waals surface area contributed by atoms with Gasteiger partial charge in [0, 0.05) is 92.4 Å². The second-order valence-electron chi connectivity index (χ2n) is 25.3. The smallest absolute Gasteiger partial charge is 0.126 e. The van der Waals surface area contributed by atoms with Crippen molar-refractivity contribution in [2.45, 2.75) is 308 Å². The van der Waals surface area contributed by atoms with Gasteiger partial charge in [-0.25, -0.2) is 0 Å². The van der Waals surface area contributed by atoms with Crippen LogP contribution in [0.4, 0.5) is 0 Å². The van der Waals surface area contributed by atoms with Gasteiger partial charge in [-0.3, -0.25) is 0 Å². The number of methoxy groups -OCH3 is 4. The predicted molar refractivity (Wildman–Crippen MR) is 353 cm³/mol. The standard InChI is InChI=1S/C76H120O8/c1-9-13-17-21-25-29-33-37-41-45-57-61-49-66(74(82-6)53-69(61)77)59(47-43-39-35-31-27-23-19-15-11-3)63-51-68(76(84-8)55-71(63)79)60(48-44-40-36-32-28-24-20-16-12-4)64-52-67(75(83-7)56-72(64)80)58(46-42-38-34-30-26-22-18-14-10-2)62-50-65(57)73(81-5)54-70(62)78/h49-60,77-80H,9-48H2,1-8H3/t57-,58-,59-,60-/m1/s1. The van der Waals surface area contributed by atoms with Gasteiger partial charge in [0.05, 0.1) is 28.4 Å². The molecule has 8 nitrogen and oxygen atoms in total. The van der Waals surface area contributed by atoms with Crippen LogP contribution in [-0.4, -0.2) is 48.9 Å². The summed E-state index contributed by atoms with van der Waals surface area (Å²) in [5.74, 6) is 1.76. The molecule has 0 fully saturated rings. The molecular formula is C76H120O8. The Morgan fingerprint density at radius 2 is 0.381 bits per heavy atom. The van der Waals surface area contributed by atoms with Crippen LogP contribution < -0.4 is 18.9 Å². The molecule has 4 N–H and O–H groups in total. The first-order valence-corrected chi connectivity index (χ1v) is 34.7. The third kappa shape index (κ3) is 21.9. The zero-order valence-electron chi connectivity index (χ0n) is 54.6. The lowest BCUT2D eigenvalue weighted by molar-refractivity contribution is 0.386. The summed E-state index contributed by atoms with van der Waals surface area (Å²) < 4.78 is 25.3. The molecule has 1 aliphatic rings. The highest BCUT2D eigenvalue weighted by molar-refractivity contribution is 5.62. The molecule has 4 atom stereocenters. The van der Waals surface area contributed by atoms with Crippen molar-refractivity contribution in [1.29, 1.82) is 0 Å². The fraction of sp³-hybridized carbons (Fsp3) is 0.684. The first-order chi connectivity index (χ1) is 41.1. The van der Waals surface area contributed by atoms with Crippen LogP contribution in [0.2, 0.25) is 0 Å². The fourth-order valence-electron chi connectivity index (χ4n) is 13.9. The third-order valence-corrected chi connectivity index (χ3v) is 18.9. The van der Waals surface area contributed by atoms with Crippen LogP contribution in [0.1, 0.15) is 353 Å². The van der Waals surface area contributed by atoms with Crippen molar-refractivity contribution in [3.05, 3.63) is 93.0 Å². The van der Waals surface area contributed by atoms with E-state index in [4.69, 9.17) is 18.9 Å². The van der Waals surface area contributed by atoms with Crippen LogP contribution in [-0.2, 0) is 0 Å². The summed E-state index contributed by atoms with van der Waals surface area (Å²) in [6.07, 6.45) is 46.1. The Labute approximate surface area is 512 Å². The van der Waals surface area contributed by atoms with E-state index in [2.05, 4.69) is 52.0 Å². The van der Waals surface area contributed by atoms with E-state index in [1.54, 1.807) is 28.4 Å². The third-order valence-electron chi connectivity index (χ3n) is 18.9. The SMILES string of the molecule is CCCCCCCCCCC[C@@H]1c2cc(c(OC)cc2O)[C@H](CCCCCCCCCCC)c2cc(c(OC)cc2O)[C@H](CCCCCCCCCCC)c2cc(c(OC)cc2O)[C@H](CCCCCCCCCCC)c2cc1c(OC)cc2O. The molecule has 5 rings (SSSR count). The number of hydrogen-bond acceptors (Lipinski definition) is 8. The lowest BCUT2D eigenvalue weighted by atomic mass is 9.76. The molecule has 8 heteroatoms. The minimum absolute atomic E-state index is 0.160. The number of rotatable bonds is 44. The normalized spacial score (nSPS) is 15.8. The fourth-order valence-corrected chi connectivity index (χ4v) is 13.9. The average molecular weight is 1160 g/mol. The molecule has 472 valence electrons. The Morgan fingerprint density at radius 3 is 0.536 bits per heavy atom. The van der Waals surface area contributed by atoms with Crippen LogP contribution in [0.3, 0.4) is 0 Å². The summed E-state index contributed by atoms with van der Waals surface area (Å²) >= 11 is 0. The van der Waals surface area contributed by atoms with Crippen LogP contribution in [0, 0.1) is 0 Å². The van der Waals surface area contributed by atoms with E-state index in [-0.39, 0.29) is 46.7 Å². The van der Waals surface area contributed by atoms with Gasteiger partial charge in [0.25, 0.3) is 0 Å². The molecule has 0 saturated heterocycles. The van der Waals surface area contributed by atoms with Crippen molar-refractivity contribution in [3.8, 4) is 46.0 Å². The van der Waals surface area contributed by atoms with Crippen LogP contribution in [0.25, 0.3) is 0 Å². The van der Waals surface area contributed by atoms with Gasteiger partial charge in [-0.05, 0) is 49.9 Å². The molecule has 1 aliphatic carbocycles. The largest absolute Gasteiger partial charge is 0.508 e. The summed E-state index contributed by atoms with van der Waals surface area (Å²) in [5.41, 5.74) is 6.86. The first kappa shape index (κ1) is 70.0. The zero-order valence-corrected chi connectivity index (χ0v) is 54.6. The van der Waals surface area contributed by atoms with Crippen LogP contribution in [0.15, 0.2) is 48.5 Å². The molecule has 8 bridgehead atoms. The minimum Gasteiger partial charge on any atom is -0.508 e. The summed E-state index contributed by atoms with van der Waals surface area (Å²) in [4.78, 5) is 0. The molecule has 0 aliphatic heterocycles. The minimum atomic E-state index is -0.304. The van der Waals surface area contributed by atoms with Gasteiger partial charge in [0.15, 0.2) is 0 Å². The molecule has 0 aromatic heterocycles. The quantitative estimate of drug-likeness (QED) is 0.0324. The molecule has 0 radical (unpaired) electrons. The maximum absolute atomic E-state index is 12.6. The monoisotopic (exact) mass is 1160 g/mol. The topological polar surface area (TPSA) is 118 Å². The zero-order chi connectivity index (χ0) is 60.3. The van der Waals surface area contributed by atoms with Crippen LogP contribution >= 0.6 is 0 Å². The summed E-state index contributed by atoms with van der Waals surface area (Å²) in [6.45, 7) is 9.08. The molecule has 0 unspecified atom stereocenters. The molecular weight excluding hydrogens is 1040 g/mol. The van der Waals surface area contributed by atoms with E-state index < -0.39 is 0 Å². The van der Waals surface area contributed by atoms with Gasteiger partial charge in [-0.15, -0.1) is 0 Å². The van der Waals surface area contributed by atoms with Crippen molar-refractivity contribution in [3.63, 3.8) is 0 Å². The number of aromatic hydroxyl groups is 4. The van der Waals surface area contributed by atoms with Crippen molar-refractivity contribution < 1.29 is 39.4 Å². The van der Waals surface area contributed by atoms with E-state index in [1.165, 1.54) is 154 Å². The molecule has 0 heterocycles.